The van der Waals surface area contributed by atoms with Gasteiger partial charge in [-0.05, 0) is 26.9 Å². The quantitative estimate of drug-likeness (QED) is 0.286. The first-order valence-electron chi connectivity index (χ1n) is 5.52. The van der Waals surface area contributed by atoms with Crippen molar-refractivity contribution in [2.45, 2.75) is 19.9 Å². The minimum absolute atomic E-state index is 0.584. The predicted molar refractivity (Wildman–Crippen MR) is 63.5 cm³/mol. The van der Waals surface area contributed by atoms with E-state index in [1.54, 1.807) is 0 Å². The van der Waals surface area contributed by atoms with Crippen molar-refractivity contribution in [1.29, 1.82) is 0 Å². The molecular formula is C10H23N5. The molecule has 0 radical (unpaired) electrons. The highest BCUT2D eigenvalue weighted by Crippen LogP contribution is 2.19. The van der Waals surface area contributed by atoms with Crippen molar-refractivity contribution < 1.29 is 0 Å². The zero-order valence-corrected chi connectivity index (χ0v) is 10.2. The summed E-state index contributed by atoms with van der Waals surface area (Å²) in [6.07, 6.45) is 0. The van der Waals surface area contributed by atoms with E-state index in [1.807, 2.05) is 6.92 Å². The Balaban J connectivity index is 2.64. The number of guanidine groups is 1. The smallest absolute Gasteiger partial charge is 0.208 e. The average Bonchev–Trinajstić information content (AvgIpc) is 2.56. The molecule has 0 saturated carbocycles. The second-order valence-corrected chi connectivity index (χ2v) is 4.36. The zero-order chi connectivity index (χ0) is 11.4. The van der Waals surface area contributed by atoms with Gasteiger partial charge in [-0.2, -0.15) is 0 Å². The lowest BCUT2D eigenvalue weighted by atomic mass is 10.1. The molecule has 88 valence electrons. The molecular weight excluding hydrogens is 190 g/mol. The topological polar surface area (TPSA) is 56.9 Å². The van der Waals surface area contributed by atoms with Gasteiger partial charge in [-0.25, -0.2) is 5.84 Å². The summed E-state index contributed by atoms with van der Waals surface area (Å²) in [6.45, 7) is 7.06. The SMILES string of the molecule is CCN=C(NN)N1CC(C)C(N(C)C)C1. The molecule has 0 amide bonds. The number of aliphatic imine (C=N–C) groups is 1. The van der Waals surface area contributed by atoms with E-state index in [9.17, 15) is 0 Å². The zero-order valence-electron chi connectivity index (χ0n) is 10.2. The molecule has 1 fully saturated rings. The predicted octanol–water partition coefficient (Wildman–Crippen LogP) is -0.292. The largest absolute Gasteiger partial charge is 0.340 e. The average molecular weight is 213 g/mol. The number of nitrogens with one attached hydrogen (secondary N) is 1. The van der Waals surface area contributed by atoms with Crippen LogP contribution in [-0.2, 0) is 0 Å². The Morgan fingerprint density at radius 1 is 1.53 bits per heavy atom. The first-order valence-corrected chi connectivity index (χ1v) is 5.52. The molecule has 2 unspecified atom stereocenters. The van der Waals surface area contributed by atoms with E-state index in [0.717, 1.165) is 25.6 Å². The van der Waals surface area contributed by atoms with Gasteiger partial charge < -0.3 is 9.80 Å². The molecule has 0 aliphatic carbocycles. The van der Waals surface area contributed by atoms with Crippen molar-refractivity contribution in [2.24, 2.45) is 16.8 Å². The Hall–Kier alpha value is -0.810. The van der Waals surface area contributed by atoms with Crippen molar-refractivity contribution in [3.05, 3.63) is 0 Å². The third-order valence-corrected chi connectivity index (χ3v) is 2.97. The van der Waals surface area contributed by atoms with Gasteiger partial charge in [0.25, 0.3) is 0 Å². The van der Waals surface area contributed by atoms with Gasteiger partial charge in [0.15, 0.2) is 0 Å². The summed E-state index contributed by atoms with van der Waals surface area (Å²) in [5, 5.41) is 0. The minimum atomic E-state index is 0.584. The van der Waals surface area contributed by atoms with Crippen LogP contribution >= 0.6 is 0 Å². The van der Waals surface area contributed by atoms with Crippen molar-refractivity contribution in [1.82, 2.24) is 15.2 Å². The summed E-state index contributed by atoms with van der Waals surface area (Å²) >= 11 is 0. The van der Waals surface area contributed by atoms with E-state index < -0.39 is 0 Å². The Morgan fingerprint density at radius 3 is 2.60 bits per heavy atom. The number of rotatable bonds is 2. The number of nitrogens with two attached hydrogens (primary N) is 1. The molecule has 0 spiro atoms. The van der Waals surface area contributed by atoms with Crippen molar-refractivity contribution in [3.63, 3.8) is 0 Å². The van der Waals surface area contributed by atoms with Gasteiger partial charge in [0, 0.05) is 25.7 Å². The maximum Gasteiger partial charge on any atom is 0.208 e. The molecule has 0 aromatic carbocycles. The van der Waals surface area contributed by atoms with Gasteiger partial charge in [0.1, 0.15) is 0 Å². The lowest BCUT2D eigenvalue weighted by Crippen LogP contribution is -2.45. The Kier molecular flexibility index (Phi) is 4.35. The molecule has 0 bridgehead atoms. The number of nitrogens with zero attached hydrogens (tertiary/aromatic N) is 3. The molecule has 1 rings (SSSR count). The van der Waals surface area contributed by atoms with E-state index in [-0.39, 0.29) is 0 Å². The van der Waals surface area contributed by atoms with Gasteiger partial charge in [-0.3, -0.25) is 10.4 Å². The van der Waals surface area contributed by atoms with Crippen LogP contribution in [0.4, 0.5) is 0 Å². The van der Waals surface area contributed by atoms with E-state index in [2.05, 4.69) is 41.2 Å². The maximum absolute atomic E-state index is 5.47. The first-order chi connectivity index (χ1) is 7.10. The number of hydrogen-bond acceptors (Lipinski definition) is 3. The van der Waals surface area contributed by atoms with Crippen LogP contribution in [0.3, 0.4) is 0 Å². The van der Waals surface area contributed by atoms with E-state index in [4.69, 9.17) is 5.84 Å². The van der Waals surface area contributed by atoms with Gasteiger partial charge in [-0.1, -0.05) is 6.92 Å². The van der Waals surface area contributed by atoms with E-state index in [0.29, 0.717) is 12.0 Å². The lowest BCUT2D eigenvalue weighted by Gasteiger charge is -2.23. The van der Waals surface area contributed by atoms with Crippen LogP contribution in [0.1, 0.15) is 13.8 Å². The van der Waals surface area contributed by atoms with Crippen LogP contribution in [-0.4, -0.2) is 55.5 Å². The molecule has 5 heteroatoms. The van der Waals surface area contributed by atoms with Crippen LogP contribution < -0.4 is 11.3 Å². The molecule has 3 N–H and O–H groups in total. The number of likely N-dealkylation sites (N-methyl/N-ethyl adjacent to an activating group) is 1. The van der Waals surface area contributed by atoms with Crippen LogP contribution in [0.5, 0.6) is 0 Å². The lowest BCUT2D eigenvalue weighted by molar-refractivity contribution is 0.262. The Morgan fingerprint density at radius 2 is 2.20 bits per heavy atom. The summed E-state index contributed by atoms with van der Waals surface area (Å²) in [5.41, 5.74) is 2.68. The summed E-state index contributed by atoms with van der Waals surface area (Å²) in [5.74, 6) is 6.93. The van der Waals surface area contributed by atoms with Crippen molar-refractivity contribution in [2.75, 3.05) is 33.7 Å². The summed E-state index contributed by atoms with van der Waals surface area (Å²) in [6, 6.07) is 0.584. The Labute approximate surface area is 92.3 Å². The standard InChI is InChI=1S/C10H23N5/c1-5-12-10(13-11)15-6-8(2)9(7-15)14(3)4/h8-9H,5-7,11H2,1-4H3,(H,12,13). The third-order valence-electron chi connectivity index (χ3n) is 2.97. The molecule has 0 aromatic rings. The molecule has 15 heavy (non-hydrogen) atoms. The highest BCUT2D eigenvalue weighted by molar-refractivity contribution is 5.79. The summed E-state index contributed by atoms with van der Waals surface area (Å²) in [7, 11) is 4.24. The van der Waals surface area contributed by atoms with Crippen LogP contribution in [0, 0.1) is 5.92 Å². The van der Waals surface area contributed by atoms with Crippen LogP contribution in [0.25, 0.3) is 0 Å². The Bertz CT molecular complexity index is 226. The fraction of sp³-hybridized carbons (Fsp3) is 0.900. The molecule has 5 nitrogen and oxygen atoms in total. The summed E-state index contributed by atoms with van der Waals surface area (Å²) < 4.78 is 0. The fourth-order valence-electron chi connectivity index (χ4n) is 2.18. The second-order valence-electron chi connectivity index (χ2n) is 4.36. The van der Waals surface area contributed by atoms with Crippen molar-refractivity contribution in [3.8, 4) is 0 Å². The molecule has 1 saturated heterocycles. The molecule has 0 aromatic heterocycles. The molecule has 1 aliphatic rings. The van der Waals surface area contributed by atoms with Gasteiger partial charge in [-0.15, -0.1) is 0 Å². The highest BCUT2D eigenvalue weighted by Gasteiger charge is 2.32. The monoisotopic (exact) mass is 213 g/mol. The van der Waals surface area contributed by atoms with E-state index >= 15 is 0 Å². The third kappa shape index (κ3) is 2.82. The van der Waals surface area contributed by atoms with Crippen molar-refractivity contribution >= 4 is 5.96 Å². The molecule has 2 atom stereocenters. The normalized spacial score (nSPS) is 27.6. The summed E-state index contributed by atoms with van der Waals surface area (Å²) in [4.78, 5) is 8.83. The number of likely N-dealkylation sites (tertiary alicyclic amines) is 1. The van der Waals surface area contributed by atoms with Gasteiger partial charge in [0.2, 0.25) is 5.96 Å². The number of hydrogen-bond donors (Lipinski definition) is 2. The van der Waals surface area contributed by atoms with Gasteiger partial charge >= 0.3 is 0 Å². The second kappa shape index (κ2) is 5.32. The minimum Gasteiger partial charge on any atom is -0.340 e. The molecule has 1 aliphatic heterocycles. The highest BCUT2D eigenvalue weighted by atomic mass is 15.4. The molecule has 1 heterocycles. The van der Waals surface area contributed by atoms with Gasteiger partial charge in [0.05, 0.1) is 0 Å². The number of hydrazine groups is 1. The first kappa shape index (κ1) is 12.3. The van der Waals surface area contributed by atoms with Crippen LogP contribution in [0.2, 0.25) is 0 Å². The maximum atomic E-state index is 5.47. The van der Waals surface area contributed by atoms with E-state index in [1.165, 1.54) is 0 Å². The fourth-order valence-corrected chi connectivity index (χ4v) is 2.18. The van der Waals surface area contributed by atoms with Crippen LogP contribution in [0.15, 0.2) is 4.99 Å².